The molecule has 1 aliphatic rings. The summed E-state index contributed by atoms with van der Waals surface area (Å²) in [6, 6.07) is 21.2. The minimum Gasteiger partial charge on any atom is -0.457 e. The number of nitrogens with zero attached hydrogens (tertiary/aromatic N) is 1. The normalized spacial score (nSPS) is 14.7. The number of benzene rings is 3. The lowest BCUT2D eigenvalue weighted by Crippen LogP contribution is -2.11. The quantitative estimate of drug-likeness (QED) is 0.485. The molecule has 0 saturated carbocycles. The molecule has 0 aliphatic carbocycles. The molecule has 6 nitrogen and oxygen atoms in total. The molecule has 29 heavy (non-hydrogen) atoms. The van der Waals surface area contributed by atoms with Gasteiger partial charge in [-0.05, 0) is 42.5 Å². The summed E-state index contributed by atoms with van der Waals surface area (Å²) in [6.07, 6.45) is 1.33. The van der Waals surface area contributed by atoms with Gasteiger partial charge in [0.1, 0.15) is 11.5 Å². The Balaban J connectivity index is 1.44. The van der Waals surface area contributed by atoms with Gasteiger partial charge >= 0.3 is 0 Å². The third-order valence-corrected chi connectivity index (χ3v) is 4.65. The van der Waals surface area contributed by atoms with Gasteiger partial charge in [-0.3, -0.25) is 4.98 Å². The summed E-state index contributed by atoms with van der Waals surface area (Å²) in [7, 11) is 0. The molecular formula is C23H19N3O3. The molecular weight excluding hydrogens is 366 g/mol. The van der Waals surface area contributed by atoms with Gasteiger partial charge in [-0.1, -0.05) is 18.2 Å². The average molecular weight is 385 g/mol. The fourth-order valence-corrected chi connectivity index (χ4v) is 3.30. The first-order chi connectivity index (χ1) is 14.2. The molecule has 1 unspecified atom stereocenters. The van der Waals surface area contributed by atoms with Gasteiger partial charge < -0.3 is 25.3 Å². The van der Waals surface area contributed by atoms with Crippen LogP contribution in [0.1, 0.15) is 6.92 Å². The second kappa shape index (κ2) is 6.91. The number of nitrogens with two attached hydrogens (primary N) is 1. The predicted octanol–water partition coefficient (Wildman–Crippen LogP) is 5.47. The number of anilines is 3. The van der Waals surface area contributed by atoms with Crippen molar-refractivity contribution < 1.29 is 14.2 Å². The highest BCUT2D eigenvalue weighted by molar-refractivity contribution is 6.00. The molecule has 4 aromatic rings. The first kappa shape index (κ1) is 17.2. The van der Waals surface area contributed by atoms with Gasteiger partial charge in [0.15, 0.2) is 11.5 Å². The van der Waals surface area contributed by atoms with Crippen molar-refractivity contribution in [1.29, 1.82) is 0 Å². The molecule has 0 saturated heterocycles. The van der Waals surface area contributed by atoms with Crippen molar-refractivity contribution in [3.63, 3.8) is 0 Å². The Kier molecular flexibility index (Phi) is 4.09. The van der Waals surface area contributed by atoms with Crippen LogP contribution in [0.4, 0.5) is 17.1 Å². The van der Waals surface area contributed by atoms with Gasteiger partial charge in [0, 0.05) is 24.1 Å². The summed E-state index contributed by atoms with van der Waals surface area (Å²) >= 11 is 0. The third-order valence-electron chi connectivity index (χ3n) is 4.65. The van der Waals surface area contributed by atoms with Gasteiger partial charge in [0.2, 0.25) is 6.29 Å². The second-order valence-electron chi connectivity index (χ2n) is 6.77. The molecule has 0 amide bonds. The number of nitrogen functional groups attached to an aromatic ring is 1. The monoisotopic (exact) mass is 385 g/mol. The molecule has 0 radical (unpaired) electrons. The van der Waals surface area contributed by atoms with Crippen LogP contribution in [-0.2, 0) is 0 Å². The van der Waals surface area contributed by atoms with E-state index in [1.54, 1.807) is 6.20 Å². The number of nitrogens with one attached hydrogen (secondary N) is 1. The van der Waals surface area contributed by atoms with E-state index in [0.717, 1.165) is 33.8 Å². The zero-order valence-electron chi connectivity index (χ0n) is 15.8. The van der Waals surface area contributed by atoms with Crippen molar-refractivity contribution in [3.8, 4) is 23.0 Å². The molecule has 1 aliphatic heterocycles. The van der Waals surface area contributed by atoms with Crippen LogP contribution < -0.4 is 25.3 Å². The van der Waals surface area contributed by atoms with Crippen molar-refractivity contribution in [1.82, 2.24) is 4.98 Å². The minimum absolute atomic E-state index is 0.312. The maximum atomic E-state index is 6.22. The number of hydrogen-bond acceptors (Lipinski definition) is 6. The van der Waals surface area contributed by atoms with E-state index in [2.05, 4.69) is 10.3 Å². The maximum Gasteiger partial charge on any atom is 0.238 e. The first-order valence-electron chi connectivity index (χ1n) is 9.31. The number of ether oxygens (including phenoxy) is 3. The molecule has 1 aromatic heterocycles. The maximum absolute atomic E-state index is 6.22. The summed E-state index contributed by atoms with van der Waals surface area (Å²) in [5.74, 6) is 2.93. The van der Waals surface area contributed by atoms with Gasteiger partial charge in [-0.15, -0.1) is 0 Å². The van der Waals surface area contributed by atoms with E-state index < -0.39 is 0 Å². The van der Waals surface area contributed by atoms with E-state index in [0.29, 0.717) is 17.2 Å². The molecule has 144 valence electrons. The van der Waals surface area contributed by atoms with Gasteiger partial charge in [-0.25, -0.2) is 0 Å². The number of para-hydroxylation sites is 1. The highest BCUT2D eigenvalue weighted by Gasteiger charge is 2.22. The third kappa shape index (κ3) is 3.36. The van der Waals surface area contributed by atoms with E-state index in [1.165, 1.54) is 0 Å². The standard InChI is InChI=1S/C23H19N3O3/c1-14-27-21-11-18-20(12-22(21)28-14)25-13-19(24)23(18)26-15-7-9-17(10-8-15)29-16-5-3-2-4-6-16/h2-14H,24H2,1H3,(H,25,26). The van der Waals surface area contributed by atoms with Crippen LogP contribution in [0.25, 0.3) is 10.9 Å². The van der Waals surface area contributed by atoms with Crippen LogP contribution in [-0.4, -0.2) is 11.3 Å². The fourth-order valence-electron chi connectivity index (χ4n) is 3.30. The Bertz CT molecular complexity index is 1180. The van der Waals surface area contributed by atoms with Crippen LogP contribution in [0.3, 0.4) is 0 Å². The van der Waals surface area contributed by atoms with Crippen LogP contribution in [0.2, 0.25) is 0 Å². The molecule has 2 heterocycles. The molecule has 0 spiro atoms. The zero-order chi connectivity index (χ0) is 19.8. The molecule has 0 fully saturated rings. The Morgan fingerprint density at radius 2 is 1.62 bits per heavy atom. The SMILES string of the molecule is CC1Oc2cc3ncc(N)c(Nc4ccc(Oc5ccccc5)cc4)c3cc2O1. The van der Waals surface area contributed by atoms with Crippen LogP contribution in [0, 0.1) is 0 Å². The van der Waals surface area contributed by atoms with Crippen LogP contribution in [0.15, 0.2) is 72.9 Å². The number of aromatic nitrogens is 1. The van der Waals surface area contributed by atoms with Gasteiger partial charge in [0.25, 0.3) is 0 Å². The van der Waals surface area contributed by atoms with Crippen LogP contribution in [0.5, 0.6) is 23.0 Å². The smallest absolute Gasteiger partial charge is 0.238 e. The molecule has 3 N–H and O–H groups in total. The van der Waals surface area contributed by atoms with Crippen molar-refractivity contribution in [2.45, 2.75) is 13.2 Å². The topological polar surface area (TPSA) is 78.6 Å². The van der Waals surface area contributed by atoms with E-state index in [1.807, 2.05) is 73.7 Å². The van der Waals surface area contributed by atoms with E-state index in [-0.39, 0.29) is 6.29 Å². The van der Waals surface area contributed by atoms with Gasteiger partial charge in [-0.2, -0.15) is 0 Å². The van der Waals surface area contributed by atoms with Crippen molar-refractivity contribution in [2.75, 3.05) is 11.1 Å². The highest BCUT2D eigenvalue weighted by Crippen LogP contribution is 2.41. The molecule has 1 atom stereocenters. The molecule has 6 heteroatoms. The van der Waals surface area contributed by atoms with Crippen molar-refractivity contribution in [3.05, 3.63) is 72.9 Å². The number of rotatable bonds is 4. The highest BCUT2D eigenvalue weighted by atomic mass is 16.7. The Labute approximate surface area is 167 Å². The van der Waals surface area contributed by atoms with E-state index >= 15 is 0 Å². The first-order valence-corrected chi connectivity index (χ1v) is 9.31. The molecule has 0 bridgehead atoms. The minimum atomic E-state index is -0.312. The summed E-state index contributed by atoms with van der Waals surface area (Å²) in [5.41, 5.74) is 9.21. The Morgan fingerprint density at radius 3 is 2.38 bits per heavy atom. The predicted molar refractivity (Wildman–Crippen MR) is 113 cm³/mol. The van der Waals surface area contributed by atoms with Crippen molar-refractivity contribution in [2.24, 2.45) is 0 Å². The van der Waals surface area contributed by atoms with Crippen molar-refractivity contribution >= 4 is 28.0 Å². The van der Waals surface area contributed by atoms with E-state index in [9.17, 15) is 0 Å². The Morgan fingerprint density at radius 1 is 0.931 bits per heavy atom. The molecule has 5 rings (SSSR count). The summed E-state index contributed by atoms with van der Waals surface area (Å²) in [5, 5.41) is 4.26. The summed E-state index contributed by atoms with van der Waals surface area (Å²) < 4.78 is 17.2. The molecule has 3 aromatic carbocycles. The lowest BCUT2D eigenvalue weighted by atomic mass is 10.1. The second-order valence-corrected chi connectivity index (χ2v) is 6.77. The number of fused-ring (bicyclic) bond motifs is 2. The average Bonchev–Trinajstić information content (AvgIpc) is 3.10. The number of pyridine rings is 1. The largest absolute Gasteiger partial charge is 0.457 e. The lowest BCUT2D eigenvalue weighted by Gasteiger charge is -2.13. The zero-order valence-corrected chi connectivity index (χ0v) is 15.8. The Hall–Kier alpha value is -3.93. The van der Waals surface area contributed by atoms with Crippen LogP contribution >= 0.6 is 0 Å². The van der Waals surface area contributed by atoms with Gasteiger partial charge in [0.05, 0.1) is 23.1 Å². The number of hydrogen-bond donors (Lipinski definition) is 2. The van der Waals surface area contributed by atoms with E-state index in [4.69, 9.17) is 19.9 Å². The lowest BCUT2D eigenvalue weighted by molar-refractivity contribution is 0.0679. The summed E-state index contributed by atoms with van der Waals surface area (Å²) in [6.45, 7) is 1.85. The summed E-state index contributed by atoms with van der Waals surface area (Å²) in [4.78, 5) is 4.43. The fraction of sp³-hybridized carbons (Fsp3) is 0.0870.